The van der Waals surface area contributed by atoms with Gasteiger partial charge in [0.05, 0.1) is 25.5 Å². The normalized spacial score (nSPS) is 24.6. The number of ether oxygens (including phenoxy) is 2. The summed E-state index contributed by atoms with van der Waals surface area (Å²) in [4.78, 5) is 26.0. The van der Waals surface area contributed by atoms with E-state index in [9.17, 15) is 9.59 Å². The van der Waals surface area contributed by atoms with Gasteiger partial charge in [-0.15, -0.1) is 0 Å². The molecule has 0 bridgehead atoms. The van der Waals surface area contributed by atoms with Crippen LogP contribution in [0.25, 0.3) is 0 Å². The highest BCUT2D eigenvalue weighted by Crippen LogP contribution is 2.22. The lowest BCUT2D eigenvalue weighted by Gasteiger charge is -2.43. The van der Waals surface area contributed by atoms with Crippen molar-refractivity contribution in [2.24, 2.45) is 0 Å². The summed E-state index contributed by atoms with van der Waals surface area (Å²) in [7, 11) is 0. The Morgan fingerprint density at radius 2 is 2.27 bits per heavy atom. The maximum atomic E-state index is 12.4. The molecule has 0 aromatic carbocycles. The Hall–Kier alpha value is -1.86. The molecule has 2 saturated heterocycles. The van der Waals surface area contributed by atoms with E-state index in [4.69, 9.17) is 13.9 Å². The van der Waals surface area contributed by atoms with Crippen molar-refractivity contribution in [1.82, 2.24) is 10.2 Å². The first-order chi connectivity index (χ1) is 10.8. The number of carbonyl (C=O) groups is 2. The zero-order chi connectivity index (χ0) is 15.4. The van der Waals surface area contributed by atoms with Gasteiger partial charge in [0.15, 0.2) is 5.76 Å². The molecule has 1 aromatic rings. The van der Waals surface area contributed by atoms with E-state index in [1.807, 2.05) is 4.90 Å². The SMILES string of the molecule is O=C(NCCC(=O)N1CCO[C@@H]2COCC[C@@H]21)c1ccco1. The molecule has 1 N–H and O–H groups in total. The molecule has 2 aliphatic rings. The second-order valence-corrected chi connectivity index (χ2v) is 5.41. The van der Waals surface area contributed by atoms with E-state index in [0.717, 1.165) is 6.42 Å². The quantitative estimate of drug-likeness (QED) is 0.871. The molecule has 0 radical (unpaired) electrons. The summed E-state index contributed by atoms with van der Waals surface area (Å²) in [5.74, 6) is -0.00743. The molecule has 2 amide bonds. The third-order valence-electron chi connectivity index (χ3n) is 4.02. The van der Waals surface area contributed by atoms with Crippen molar-refractivity contribution in [3.63, 3.8) is 0 Å². The van der Waals surface area contributed by atoms with Crippen molar-refractivity contribution in [2.75, 3.05) is 32.9 Å². The molecule has 1 aromatic heterocycles. The molecule has 2 aliphatic heterocycles. The first kappa shape index (κ1) is 15.1. The smallest absolute Gasteiger partial charge is 0.286 e. The van der Waals surface area contributed by atoms with Crippen LogP contribution in [0.2, 0.25) is 0 Å². The molecule has 3 rings (SSSR count). The lowest BCUT2D eigenvalue weighted by molar-refractivity contribution is -0.161. The number of rotatable bonds is 4. The summed E-state index contributed by atoms with van der Waals surface area (Å²) < 4.78 is 16.0. The Morgan fingerprint density at radius 1 is 1.36 bits per heavy atom. The molecular formula is C15H20N2O5. The van der Waals surface area contributed by atoms with Gasteiger partial charge in [-0.05, 0) is 18.6 Å². The summed E-state index contributed by atoms with van der Waals surface area (Å²) in [6.07, 6.45) is 2.49. The standard InChI is InChI=1S/C15H20N2O5/c18-14(3-5-16-15(19)12-2-1-7-21-12)17-6-9-22-13-10-20-8-4-11(13)17/h1-2,7,11,13H,3-6,8-10H2,(H,16,19)/t11-,13+/m0/s1. The van der Waals surface area contributed by atoms with E-state index in [-0.39, 0.29) is 36.1 Å². The zero-order valence-electron chi connectivity index (χ0n) is 12.3. The van der Waals surface area contributed by atoms with Crippen LogP contribution in [0.5, 0.6) is 0 Å². The van der Waals surface area contributed by atoms with E-state index in [2.05, 4.69) is 5.32 Å². The van der Waals surface area contributed by atoms with Crippen LogP contribution < -0.4 is 5.32 Å². The van der Waals surface area contributed by atoms with Gasteiger partial charge in [-0.2, -0.15) is 0 Å². The summed E-state index contributed by atoms with van der Waals surface area (Å²) in [5.41, 5.74) is 0. The lowest BCUT2D eigenvalue weighted by atomic mass is 10.0. The van der Waals surface area contributed by atoms with E-state index >= 15 is 0 Å². The van der Waals surface area contributed by atoms with Crippen LogP contribution in [-0.2, 0) is 14.3 Å². The summed E-state index contributed by atoms with van der Waals surface area (Å²) in [5, 5.41) is 2.69. The van der Waals surface area contributed by atoms with Gasteiger partial charge >= 0.3 is 0 Å². The van der Waals surface area contributed by atoms with Crippen molar-refractivity contribution in [2.45, 2.75) is 25.0 Å². The average molecular weight is 308 g/mol. The average Bonchev–Trinajstić information content (AvgIpc) is 3.08. The summed E-state index contributed by atoms with van der Waals surface area (Å²) >= 11 is 0. The van der Waals surface area contributed by atoms with Crippen molar-refractivity contribution < 1.29 is 23.5 Å². The minimum Gasteiger partial charge on any atom is -0.459 e. The van der Waals surface area contributed by atoms with E-state index in [1.54, 1.807) is 12.1 Å². The highest BCUT2D eigenvalue weighted by Gasteiger charge is 2.36. The Kier molecular flexibility index (Phi) is 4.74. The first-order valence-corrected chi connectivity index (χ1v) is 7.56. The van der Waals surface area contributed by atoms with Crippen molar-refractivity contribution >= 4 is 11.8 Å². The molecule has 0 unspecified atom stereocenters. The molecule has 22 heavy (non-hydrogen) atoms. The van der Waals surface area contributed by atoms with Crippen LogP contribution in [0, 0.1) is 0 Å². The van der Waals surface area contributed by atoms with Crippen molar-refractivity contribution in [3.8, 4) is 0 Å². The topological polar surface area (TPSA) is 81.0 Å². The van der Waals surface area contributed by atoms with Crippen molar-refractivity contribution in [1.29, 1.82) is 0 Å². The van der Waals surface area contributed by atoms with Crippen LogP contribution in [-0.4, -0.2) is 61.8 Å². The largest absolute Gasteiger partial charge is 0.459 e. The third kappa shape index (κ3) is 3.31. The molecule has 2 fully saturated rings. The highest BCUT2D eigenvalue weighted by molar-refractivity contribution is 5.91. The van der Waals surface area contributed by atoms with Gasteiger partial charge in [0.2, 0.25) is 5.91 Å². The number of morpholine rings is 1. The summed E-state index contributed by atoms with van der Waals surface area (Å²) in [6.45, 7) is 2.64. The predicted octanol–water partition coefficient (Wildman–Crippen LogP) is 0.416. The van der Waals surface area contributed by atoms with Crippen molar-refractivity contribution in [3.05, 3.63) is 24.2 Å². The predicted molar refractivity (Wildman–Crippen MR) is 76.3 cm³/mol. The van der Waals surface area contributed by atoms with Gasteiger partial charge in [0.25, 0.3) is 5.91 Å². The summed E-state index contributed by atoms with van der Waals surface area (Å²) in [6, 6.07) is 3.33. The van der Waals surface area contributed by atoms with Gasteiger partial charge in [-0.25, -0.2) is 0 Å². The number of nitrogens with one attached hydrogen (secondary N) is 1. The number of nitrogens with zero attached hydrogens (tertiary/aromatic N) is 1. The highest BCUT2D eigenvalue weighted by atomic mass is 16.5. The Balaban J connectivity index is 1.48. The van der Waals surface area contributed by atoms with Gasteiger partial charge < -0.3 is 24.1 Å². The first-order valence-electron chi connectivity index (χ1n) is 7.56. The molecule has 0 aliphatic carbocycles. The van der Waals surface area contributed by atoms with Gasteiger partial charge in [0.1, 0.15) is 6.10 Å². The molecule has 0 saturated carbocycles. The maximum Gasteiger partial charge on any atom is 0.286 e. The Morgan fingerprint density at radius 3 is 3.09 bits per heavy atom. The number of furan rings is 1. The van der Waals surface area contributed by atoms with Crippen LogP contribution in [0.4, 0.5) is 0 Å². The number of hydrogen-bond donors (Lipinski definition) is 1. The minimum atomic E-state index is -0.302. The second-order valence-electron chi connectivity index (χ2n) is 5.41. The zero-order valence-corrected chi connectivity index (χ0v) is 12.3. The minimum absolute atomic E-state index is 0.0239. The number of fused-ring (bicyclic) bond motifs is 1. The van der Waals surface area contributed by atoms with Crippen LogP contribution >= 0.6 is 0 Å². The van der Waals surface area contributed by atoms with Gasteiger partial charge in [0, 0.05) is 26.1 Å². The Labute approximate surface area is 128 Å². The van der Waals surface area contributed by atoms with E-state index in [0.29, 0.717) is 32.9 Å². The van der Waals surface area contributed by atoms with Crippen LogP contribution in [0.1, 0.15) is 23.4 Å². The van der Waals surface area contributed by atoms with Gasteiger partial charge in [-0.3, -0.25) is 9.59 Å². The monoisotopic (exact) mass is 308 g/mol. The molecule has 120 valence electrons. The molecule has 7 heteroatoms. The lowest BCUT2D eigenvalue weighted by Crippen LogP contribution is -2.57. The fourth-order valence-electron chi connectivity index (χ4n) is 2.92. The van der Waals surface area contributed by atoms with Crippen LogP contribution in [0.15, 0.2) is 22.8 Å². The van der Waals surface area contributed by atoms with E-state index < -0.39 is 0 Å². The molecule has 2 atom stereocenters. The van der Waals surface area contributed by atoms with Crippen LogP contribution in [0.3, 0.4) is 0 Å². The number of carbonyl (C=O) groups excluding carboxylic acids is 2. The maximum absolute atomic E-state index is 12.4. The Bertz CT molecular complexity index is 514. The number of hydrogen-bond acceptors (Lipinski definition) is 5. The molecular weight excluding hydrogens is 288 g/mol. The molecule has 7 nitrogen and oxygen atoms in total. The van der Waals surface area contributed by atoms with Gasteiger partial charge in [-0.1, -0.05) is 0 Å². The second kappa shape index (κ2) is 6.93. The van der Waals surface area contributed by atoms with E-state index in [1.165, 1.54) is 6.26 Å². The molecule has 0 spiro atoms. The fraction of sp³-hybridized carbons (Fsp3) is 0.600. The fourth-order valence-corrected chi connectivity index (χ4v) is 2.92. The number of amides is 2. The third-order valence-corrected chi connectivity index (χ3v) is 4.02. The molecule has 3 heterocycles.